The second-order valence-electron chi connectivity index (χ2n) is 18.5. The first-order valence-electron chi connectivity index (χ1n) is 25.0. The van der Waals surface area contributed by atoms with Gasteiger partial charge in [0.05, 0.1) is 11.4 Å². The van der Waals surface area contributed by atoms with Crippen molar-refractivity contribution in [3.05, 3.63) is 279 Å². The van der Waals surface area contributed by atoms with Gasteiger partial charge in [-0.15, -0.1) is 0 Å². The first-order valence-corrected chi connectivity index (χ1v) is 25.0. The summed E-state index contributed by atoms with van der Waals surface area (Å²) in [7, 11) is 0. The van der Waals surface area contributed by atoms with Crippen molar-refractivity contribution in [1.82, 2.24) is 0 Å². The Labute approximate surface area is 428 Å². The van der Waals surface area contributed by atoms with E-state index in [2.05, 4.69) is 299 Å². The van der Waals surface area contributed by atoms with Gasteiger partial charge in [0, 0.05) is 89.5 Å². The maximum atomic E-state index is 6.99. The predicted octanol–water partition coefficient (Wildman–Crippen LogP) is 19.9. The van der Waals surface area contributed by atoms with Gasteiger partial charge in [0.2, 0.25) is 0 Å². The van der Waals surface area contributed by atoms with Gasteiger partial charge in [0.1, 0.15) is 22.3 Å². The first kappa shape index (κ1) is 42.8. The van der Waals surface area contributed by atoms with Gasteiger partial charge >= 0.3 is 0 Å². The molecule has 0 amide bonds. The van der Waals surface area contributed by atoms with Gasteiger partial charge in [-0.1, -0.05) is 109 Å². The van der Waals surface area contributed by atoms with Crippen LogP contribution in [-0.4, -0.2) is 0 Å². The number of rotatable bonds is 12. The van der Waals surface area contributed by atoms with Crippen LogP contribution in [0.4, 0.5) is 68.2 Å². The van der Waals surface area contributed by atoms with Crippen LogP contribution in [0.5, 0.6) is 0 Å². The van der Waals surface area contributed by atoms with Crippen LogP contribution in [-0.2, 0) is 0 Å². The third-order valence-electron chi connectivity index (χ3n) is 14.2. The van der Waals surface area contributed by atoms with Gasteiger partial charge < -0.3 is 28.4 Å². The quantitative estimate of drug-likeness (QED) is 0.0898. The summed E-state index contributed by atoms with van der Waals surface area (Å²) in [5, 5.41) is 4.15. The lowest BCUT2D eigenvalue weighted by Gasteiger charge is -2.30. The highest BCUT2D eigenvalue weighted by molar-refractivity contribution is 6.26. The van der Waals surface area contributed by atoms with Crippen molar-refractivity contribution in [2.45, 2.75) is 0 Å². The molecule has 0 aromatic heterocycles. The second kappa shape index (κ2) is 18.0. The van der Waals surface area contributed by atoms with Crippen LogP contribution in [0.1, 0.15) is 0 Å². The number of hydrogen-bond donors (Lipinski definition) is 0. The molecule has 2 heterocycles. The van der Waals surface area contributed by atoms with Gasteiger partial charge in [0.15, 0.2) is 0 Å². The first-order chi connectivity index (χ1) is 36.7. The number of anilines is 12. The molecule has 6 nitrogen and oxygen atoms in total. The van der Waals surface area contributed by atoms with Crippen molar-refractivity contribution in [3.8, 4) is 11.1 Å². The SMILES string of the molecule is c1ccc(N(c2ccccc2)c2ccc(N(c3ccccc3)c3ccc4oc5ccc6c(N(c7ccccc7)c7ccc(N(c8ccccc8)c8ccccc8)cc7)ccc7oc8ccc3c4c8-c5c76)cc2)cc1. The highest BCUT2D eigenvalue weighted by atomic mass is 16.3. The van der Waals surface area contributed by atoms with Crippen LogP contribution < -0.4 is 19.6 Å². The Hall–Kier alpha value is -10.0. The van der Waals surface area contributed by atoms with Crippen LogP contribution in [0.2, 0.25) is 0 Å². The maximum absolute atomic E-state index is 6.99. The van der Waals surface area contributed by atoms with E-state index in [1.54, 1.807) is 0 Å². The van der Waals surface area contributed by atoms with Gasteiger partial charge in [-0.05, 0) is 170 Å². The number of benzene rings is 12. The second-order valence-corrected chi connectivity index (χ2v) is 18.5. The number of nitrogens with zero attached hydrogens (tertiary/aromatic N) is 4. The zero-order valence-corrected chi connectivity index (χ0v) is 40.2. The van der Waals surface area contributed by atoms with Crippen molar-refractivity contribution in [3.63, 3.8) is 0 Å². The molecule has 0 N–H and O–H groups in total. The molecule has 350 valence electrons. The Balaban J connectivity index is 0.905. The van der Waals surface area contributed by atoms with Crippen molar-refractivity contribution < 1.29 is 8.83 Å². The summed E-state index contributed by atoms with van der Waals surface area (Å²) in [6.07, 6.45) is 0. The van der Waals surface area contributed by atoms with Crippen LogP contribution in [0.3, 0.4) is 0 Å². The minimum absolute atomic E-state index is 0.798. The molecule has 0 saturated heterocycles. The normalized spacial score (nSPS) is 11.5. The smallest absolute Gasteiger partial charge is 0.136 e. The zero-order valence-electron chi connectivity index (χ0n) is 40.2. The molecule has 14 rings (SSSR count). The average molecular weight is 951 g/mol. The summed E-state index contributed by atoms with van der Waals surface area (Å²) in [5.41, 5.74) is 18.0. The van der Waals surface area contributed by atoms with E-state index in [0.717, 1.165) is 123 Å². The Morgan fingerprint density at radius 2 is 0.419 bits per heavy atom. The van der Waals surface area contributed by atoms with E-state index in [9.17, 15) is 0 Å². The fourth-order valence-electron chi connectivity index (χ4n) is 10.9. The lowest BCUT2D eigenvalue weighted by atomic mass is 9.89. The molecule has 0 aliphatic carbocycles. The van der Waals surface area contributed by atoms with Gasteiger partial charge in [-0.25, -0.2) is 0 Å². The van der Waals surface area contributed by atoms with Crippen LogP contribution in [0, 0.1) is 0 Å². The number of hydrogen-bond acceptors (Lipinski definition) is 6. The summed E-state index contributed by atoms with van der Waals surface area (Å²) < 4.78 is 14.0. The molecule has 2 aliphatic heterocycles. The minimum atomic E-state index is 0.798. The third-order valence-corrected chi connectivity index (χ3v) is 14.2. The molecule has 0 bridgehead atoms. The van der Waals surface area contributed by atoms with E-state index in [1.807, 2.05) is 0 Å². The van der Waals surface area contributed by atoms with Crippen molar-refractivity contribution in [2.24, 2.45) is 0 Å². The summed E-state index contributed by atoms with van der Waals surface area (Å²) in [6.45, 7) is 0. The largest absolute Gasteiger partial charge is 0.456 e. The minimum Gasteiger partial charge on any atom is -0.456 e. The molecule has 12 aromatic carbocycles. The van der Waals surface area contributed by atoms with E-state index in [1.165, 1.54) is 0 Å². The molecule has 0 saturated carbocycles. The molecule has 74 heavy (non-hydrogen) atoms. The van der Waals surface area contributed by atoms with E-state index in [-0.39, 0.29) is 0 Å². The van der Waals surface area contributed by atoms with Gasteiger partial charge in [-0.2, -0.15) is 0 Å². The van der Waals surface area contributed by atoms with E-state index < -0.39 is 0 Å². The van der Waals surface area contributed by atoms with Crippen LogP contribution in [0.25, 0.3) is 55.0 Å². The standard InChI is InChI=1S/C68H46N4O2/c1-7-19-47(20-8-1)69(48-21-9-2-10-22-48)53-31-35-55(36-32-53)71(51-27-15-5-16-28-51)59-41-45-61-65-57(59)39-43-63-67(65)68-64(73-61)44-40-58-60(42-46-62(74-63)66(58)68)72(52-29-17-6-18-30-52)56-37-33-54(34-38-56)70(49-23-11-3-12-24-49)50-25-13-4-14-26-50/h1-46H. The Kier molecular flexibility index (Phi) is 10.4. The third kappa shape index (κ3) is 7.27. The van der Waals surface area contributed by atoms with Crippen LogP contribution >= 0.6 is 0 Å². The molecule has 2 aliphatic rings. The molecule has 0 spiro atoms. The molecular weight excluding hydrogens is 905 g/mol. The Morgan fingerprint density at radius 3 is 0.703 bits per heavy atom. The molecule has 0 radical (unpaired) electrons. The predicted molar refractivity (Wildman–Crippen MR) is 308 cm³/mol. The molecule has 0 unspecified atom stereocenters. The van der Waals surface area contributed by atoms with Crippen molar-refractivity contribution >= 4 is 112 Å². The zero-order chi connectivity index (χ0) is 49.0. The van der Waals surface area contributed by atoms with E-state index >= 15 is 0 Å². The lowest BCUT2D eigenvalue weighted by molar-refractivity contribution is 0.646. The summed E-state index contributed by atoms with van der Waals surface area (Å²) in [5.74, 6) is 0. The topological polar surface area (TPSA) is 39.2 Å². The summed E-state index contributed by atoms with van der Waals surface area (Å²) in [4.78, 5) is 9.27. The van der Waals surface area contributed by atoms with E-state index in [0.29, 0.717) is 0 Å². The van der Waals surface area contributed by atoms with Crippen molar-refractivity contribution in [1.29, 1.82) is 0 Å². The summed E-state index contributed by atoms with van der Waals surface area (Å²) in [6, 6.07) is 98.3. The van der Waals surface area contributed by atoms with Gasteiger partial charge in [0.25, 0.3) is 0 Å². The Bertz CT molecular complexity index is 3810. The maximum Gasteiger partial charge on any atom is 0.136 e. The number of para-hydroxylation sites is 6. The monoisotopic (exact) mass is 950 g/mol. The molecular formula is C68H46N4O2. The Morgan fingerprint density at radius 1 is 0.189 bits per heavy atom. The van der Waals surface area contributed by atoms with E-state index in [4.69, 9.17) is 8.83 Å². The lowest BCUT2D eigenvalue weighted by Crippen LogP contribution is -2.13. The fraction of sp³-hybridized carbons (Fsp3) is 0. The fourth-order valence-corrected chi connectivity index (χ4v) is 10.9. The molecule has 0 fully saturated rings. The highest BCUT2D eigenvalue weighted by Gasteiger charge is 2.29. The van der Waals surface area contributed by atoms with Crippen LogP contribution in [0.15, 0.2) is 288 Å². The highest BCUT2D eigenvalue weighted by Crippen LogP contribution is 2.53. The molecule has 6 heteroatoms. The summed E-state index contributed by atoms with van der Waals surface area (Å²) >= 11 is 0. The van der Waals surface area contributed by atoms with Crippen molar-refractivity contribution in [2.75, 3.05) is 19.6 Å². The molecule has 12 aromatic rings. The average Bonchev–Trinajstić information content (AvgIpc) is 3.47. The van der Waals surface area contributed by atoms with Gasteiger partial charge in [-0.3, -0.25) is 0 Å². The molecule has 0 atom stereocenters.